The second kappa shape index (κ2) is 45.1. The van der Waals surface area contributed by atoms with Crippen molar-refractivity contribution in [3.05, 3.63) is 82.9 Å². The second-order valence-electron chi connectivity index (χ2n) is 22.8. The predicted octanol–water partition coefficient (Wildman–Crippen LogP) is 21.0. The fourth-order valence-corrected chi connectivity index (χ4v) is 13.1. The molecule has 0 heterocycles. The molecule has 0 atom stereocenters. The molecule has 0 aliphatic rings. The molecular formula is C68H110CaO6S2. The molecule has 4 aromatic rings. The van der Waals surface area contributed by atoms with Gasteiger partial charge in [0.15, 0.2) is 0 Å². The zero-order valence-electron chi connectivity index (χ0n) is 49.9. The van der Waals surface area contributed by atoms with Gasteiger partial charge in [-0.2, -0.15) is 0 Å². The normalized spacial score (nSPS) is 11.8. The minimum atomic E-state index is -4.50. The summed E-state index contributed by atoms with van der Waals surface area (Å²) in [6, 6.07) is 19.3. The third-order valence-corrected chi connectivity index (χ3v) is 17.9. The number of rotatable bonds is 46. The first-order valence-electron chi connectivity index (χ1n) is 32.0. The molecule has 0 amide bonds. The molecule has 0 aromatic heterocycles. The Balaban J connectivity index is 0.000000520. The van der Waals surface area contributed by atoms with Crippen LogP contribution in [0.1, 0.15) is 307 Å². The fourth-order valence-electron chi connectivity index (χ4n) is 11.6. The maximum absolute atomic E-state index is 12.2. The number of unbranched alkanes of at least 4 members (excludes halogenated alkanes) is 36. The van der Waals surface area contributed by atoms with E-state index in [2.05, 4.69) is 64.1 Å². The second-order valence-corrected chi connectivity index (χ2v) is 25.4. The number of hydrogen-bond acceptors (Lipinski definition) is 6. The van der Waals surface area contributed by atoms with Gasteiger partial charge < -0.3 is 9.11 Å². The summed E-state index contributed by atoms with van der Waals surface area (Å²) in [6.45, 7) is 9.02. The van der Waals surface area contributed by atoms with Crippen molar-refractivity contribution in [1.82, 2.24) is 0 Å². The molecule has 4 rings (SSSR count). The Kier molecular flexibility index (Phi) is 41.9. The van der Waals surface area contributed by atoms with Gasteiger partial charge in [-0.1, -0.05) is 307 Å². The third kappa shape index (κ3) is 30.9. The topological polar surface area (TPSA) is 114 Å². The summed E-state index contributed by atoms with van der Waals surface area (Å²) in [6.07, 6.45) is 54.0. The van der Waals surface area contributed by atoms with Crippen molar-refractivity contribution in [3.8, 4) is 0 Å². The maximum Gasteiger partial charge on any atom is 2.00 e. The third-order valence-electron chi connectivity index (χ3n) is 16.1. The molecule has 6 nitrogen and oxygen atoms in total. The van der Waals surface area contributed by atoms with Crippen LogP contribution in [0.3, 0.4) is 0 Å². The molecule has 4 aromatic carbocycles. The zero-order valence-corrected chi connectivity index (χ0v) is 53.7. The van der Waals surface area contributed by atoms with Crippen molar-refractivity contribution in [1.29, 1.82) is 0 Å². The molecule has 9 heteroatoms. The van der Waals surface area contributed by atoms with Crippen LogP contribution in [0.25, 0.3) is 21.5 Å². The Morgan fingerprint density at radius 3 is 0.740 bits per heavy atom. The maximum atomic E-state index is 12.2. The van der Waals surface area contributed by atoms with E-state index in [0.29, 0.717) is 12.8 Å². The van der Waals surface area contributed by atoms with Gasteiger partial charge in [-0.05, 0) is 107 Å². The van der Waals surface area contributed by atoms with Crippen LogP contribution in [0.15, 0.2) is 70.5 Å². The summed E-state index contributed by atoms with van der Waals surface area (Å²) in [4.78, 5) is -0.00658. The molecule has 0 radical (unpaired) electrons. The standard InChI is InChI=1S/2C34H56O3S.Ca/c2*1-3-5-7-9-11-13-15-17-19-21-24-30-25-23-26-31-28-29-33(38(35,36)37)32(34(30)31)27-22-20-18-16-14-12-10-8-6-4-2;/h2*23,25-26,28-29H,3-22,24,27H2,1-2H3,(H,35,36,37);/q;;+2/p-2. The van der Waals surface area contributed by atoms with Gasteiger partial charge >= 0.3 is 37.7 Å². The Labute approximate surface area is 504 Å². The van der Waals surface area contributed by atoms with Gasteiger partial charge in [-0.15, -0.1) is 0 Å². The van der Waals surface area contributed by atoms with E-state index < -0.39 is 20.2 Å². The van der Waals surface area contributed by atoms with E-state index >= 15 is 0 Å². The van der Waals surface area contributed by atoms with E-state index in [4.69, 9.17) is 0 Å². The predicted molar refractivity (Wildman–Crippen MR) is 332 cm³/mol. The molecule has 0 spiro atoms. The molecular weight excluding hydrogens is 1020 g/mol. The average Bonchev–Trinajstić information content (AvgIpc) is 3.43. The summed E-state index contributed by atoms with van der Waals surface area (Å²) in [5.74, 6) is 0. The van der Waals surface area contributed by atoms with E-state index in [1.165, 1.54) is 229 Å². The van der Waals surface area contributed by atoms with Crippen LogP contribution >= 0.6 is 0 Å². The first kappa shape index (κ1) is 71.6. The van der Waals surface area contributed by atoms with Crippen LogP contribution in [-0.2, 0) is 45.9 Å². The van der Waals surface area contributed by atoms with E-state index in [9.17, 15) is 25.9 Å². The number of aryl methyl sites for hydroxylation is 4. The molecule has 0 saturated carbocycles. The molecule has 0 N–H and O–H groups in total. The summed E-state index contributed by atoms with van der Waals surface area (Å²) in [7, 11) is -9.00. The molecule has 0 unspecified atom stereocenters. The molecule has 77 heavy (non-hydrogen) atoms. The van der Waals surface area contributed by atoms with Crippen LogP contribution in [0.5, 0.6) is 0 Å². The fraction of sp³-hybridized carbons (Fsp3) is 0.706. The molecule has 0 aliphatic carbocycles. The zero-order chi connectivity index (χ0) is 55.0. The van der Waals surface area contributed by atoms with Crippen molar-refractivity contribution >= 4 is 79.5 Å². The van der Waals surface area contributed by atoms with Crippen molar-refractivity contribution < 1.29 is 25.9 Å². The van der Waals surface area contributed by atoms with Crippen LogP contribution in [0, 0.1) is 0 Å². The number of fused-ring (bicyclic) bond motifs is 2. The Morgan fingerprint density at radius 1 is 0.286 bits per heavy atom. The first-order chi connectivity index (χ1) is 37.0. The van der Waals surface area contributed by atoms with Crippen molar-refractivity contribution in [2.75, 3.05) is 0 Å². The first-order valence-corrected chi connectivity index (χ1v) is 34.8. The summed E-state index contributed by atoms with van der Waals surface area (Å²) >= 11 is 0. The average molecular weight is 1130 g/mol. The number of benzene rings is 4. The minimum absolute atomic E-state index is 0. The SMILES string of the molecule is CCCCCCCCCCCCc1cccc2ccc(S(=O)(=O)[O-])c(CCCCCCCCCCCC)c12.CCCCCCCCCCCCc1cccc2ccc(S(=O)(=O)[O-])c(CCCCCCCCCCCC)c12.[Ca+2]. The van der Waals surface area contributed by atoms with Gasteiger partial charge in [-0.3, -0.25) is 0 Å². The van der Waals surface area contributed by atoms with Crippen molar-refractivity contribution in [2.45, 2.75) is 320 Å². The van der Waals surface area contributed by atoms with E-state index in [1.807, 2.05) is 12.1 Å². The van der Waals surface area contributed by atoms with Crippen LogP contribution in [-0.4, -0.2) is 63.7 Å². The Bertz CT molecular complexity index is 2160. The van der Waals surface area contributed by atoms with E-state index in [1.54, 1.807) is 12.1 Å². The Hall–Kier alpha value is -1.52. The van der Waals surface area contributed by atoms with Crippen molar-refractivity contribution in [3.63, 3.8) is 0 Å². The van der Waals surface area contributed by atoms with Crippen molar-refractivity contribution in [2.24, 2.45) is 0 Å². The Morgan fingerprint density at radius 2 is 0.506 bits per heavy atom. The molecule has 0 bridgehead atoms. The van der Waals surface area contributed by atoms with Gasteiger partial charge in [0, 0.05) is 0 Å². The summed E-state index contributed by atoms with van der Waals surface area (Å²) in [5.41, 5.74) is 3.93. The van der Waals surface area contributed by atoms with Crippen LogP contribution < -0.4 is 0 Å². The number of hydrogen-bond donors (Lipinski definition) is 0. The molecule has 0 fully saturated rings. The largest absolute Gasteiger partial charge is 2.00 e. The van der Waals surface area contributed by atoms with Gasteiger partial charge in [0.25, 0.3) is 0 Å². The van der Waals surface area contributed by atoms with E-state index in [0.717, 1.165) is 84.0 Å². The summed E-state index contributed by atoms with van der Waals surface area (Å²) < 4.78 is 73.1. The van der Waals surface area contributed by atoms with Gasteiger partial charge in [0.05, 0.1) is 9.79 Å². The minimum Gasteiger partial charge on any atom is -0.744 e. The van der Waals surface area contributed by atoms with Crippen LogP contribution in [0.2, 0.25) is 0 Å². The van der Waals surface area contributed by atoms with Gasteiger partial charge in [-0.25, -0.2) is 16.8 Å². The molecule has 0 aliphatic heterocycles. The molecule has 432 valence electrons. The van der Waals surface area contributed by atoms with Gasteiger partial charge in [0.2, 0.25) is 0 Å². The van der Waals surface area contributed by atoms with E-state index in [-0.39, 0.29) is 47.5 Å². The quantitative estimate of drug-likeness (QED) is 0.0247. The monoisotopic (exact) mass is 1130 g/mol. The summed E-state index contributed by atoms with van der Waals surface area (Å²) in [5, 5.41) is 4.17. The van der Waals surface area contributed by atoms with Gasteiger partial charge in [0.1, 0.15) is 20.2 Å². The van der Waals surface area contributed by atoms with Crippen LogP contribution in [0.4, 0.5) is 0 Å². The molecule has 0 saturated heterocycles. The smallest absolute Gasteiger partial charge is 0.744 e.